The summed E-state index contributed by atoms with van der Waals surface area (Å²) >= 11 is 0. The maximum absolute atomic E-state index is 11.6. The average Bonchev–Trinajstić information content (AvgIpc) is 2.18. The molecule has 1 rings (SSSR count). The predicted octanol–water partition coefficient (Wildman–Crippen LogP) is 0.965. The molecule has 0 spiro atoms. The van der Waals surface area contributed by atoms with Crippen LogP contribution in [-0.4, -0.2) is 33.7 Å². The van der Waals surface area contributed by atoms with Gasteiger partial charge in [-0.3, -0.25) is 0 Å². The zero-order valence-corrected chi connectivity index (χ0v) is 8.82. The second kappa shape index (κ2) is 4.23. The number of hydrogen-bond donors (Lipinski definition) is 0. The van der Waals surface area contributed by atoms with Gasteiger partial charge in [-0.25, -0.2) is 0 Å². The minimum atomic E-state index is -3.75. The van der Waals surface area contributed by atoms with Crippen LogP contribution in [0.3, 0.4) is 0 Å². The smallest absolute Gasteiger partial charge is 0.283 e. The maximum Gasteiger partial charge on any atom is 0.283 e. The number of amidine groups is 1. The normalized spacial score (nSPS) is 13.6. The van der Waals surface area contributed by atoms with Crippen LogP contribution in [0.25, 0.3) is 0 Å². The Morgan fingerprint density at radius 1 is 1.36 bits per heavy atom. The molecular formula is C9H12N2O2S. The molecule has 0 N–H and O–H groups in total. The van der Waals surface area contributed by atoms with Gasteiger partial charge in [-0.15, -0.1) is 4.40 Å². The quantitative estimate of drug-likeness (QED) is 0.543. The predicted molar refractivity (Wildman–Crippen MR) is 55.8 cm³/mol. The molecule has 0 atom stereocenters. The monoisotopic (exact) mass is 213 g/mol. The summed E-state index contributed by atoms with van der Waals surface area (Å²) in [5.74, 6) is 0. The largest absolute Gasteiger partial charge is 0.368 e. The molecule has 0 unspecified atom stereocenters. The number of benzene rings is 1. The van der Waals surface area contributed by atoms with Crippen molar-refractivity contribution in [2.45, 2.75) is 4.90 Å². The van der Waals surface area contributed by atoms with Crippen molar-refractivity contribution in [3.63, 3.8) is 0 Å². The van der Waals surface area contributed by atoms with Gasteiger partial charge in [0.1, 0.15) is 7.69 Å². The molecule has 5 heteroatoms. The van der Waals surface area contributed by atoms with Gasteiger partial charge >= 0.3 is 0 Å². The van der Waals surface area contributed by atoms with E-state index in [9.17, 15) is 8.42 Å². The Kier molecular flexibility index (Phi) is 2.78. The van der Waals surface area contributed by atoms with Crippen LogP contribution in [0.5, 0.6) is 0 Å². The molecule has 76 valence electrons. The Morgan fingerprint density at radius 3 is 2.43 bits per heavy atom. The molecule has 0 aliphatic rings. The highest BCUT2D eigenvalue weighted by Crippen LogP contribution is 2.10. The molecule has 0 fully saturated rings. The summed E-state index contributed by atoms with van der Waals surface area (Å²) in [7, 11) is -0.622. The van der Waals surface area contributed by atoms with Crippen LogP contribution < -0.4 is 0 Å². The third-order valence-electron chi connectivity index (χ3n) is 1.40. The lowest BCUT2D eigenvalue weighted by Crippen LogP contribution is -2.10. The van der Waals surface area contributed by atoms with Crippen molar-refractivity contribution in [1.29, 1.82) is 0 Å². The first-order valence-electron chi connectivity index (χ1n) is 4.47. The summed E-state index contributed by atoms with van der Waals surface area (Å²) < 4.78 is 33.9. The third-order valence-corrected chi connectivity index (χ3v) is 2.59. The van der Waals surface area contributed by atoms with Crippen LogP contribution in [0, 0.1) is 0 Å². The van der Waals surface area contributed by atoms with Crippen LogP contribution in [0.4, 0.5) is 0 Å². The molecule has 0 aliphatic heterocycles. The molecule has 4 nitrogen and oxygen atoms in total. The van der Waals surface area contributed by atoms with Crippen molar-refractivity contribution in [2.75, 3.05) is 14.1 Å². The molecule has 0 heterocycles. The number of nitrogens with zero attached hydrogens (tertiary/aromatic N) is 2. The van der Waals surface area contributed by atoms with E-state index in [1.165, 1.54) is 17.0 Å². The van der Waals surface area contributed by atoms with Gasteiger partial charge in [-0.2, -0.15) is 8.42 Å². The van der Waals surface area contributed by atoms with Gasteiger partial charge in [0.2, 0.25) is 0 Å². The van der Waals surface area contributed by atoms with E-state index in [2.05, 4.69) is 4.40 Å². The molecule has 0 bridgehead atoms. The van der Waals surface area contributed by atoms with Gasteiger partial charge in [-0.05, 0) is 12.1 Å². The Hall–Kier alpha value is -1.36. The van der Waals surface area contributed by atoms with Crippen LogP contribution >= 0.6 is 0 Å². The lowest BCUT2D eigenvalue weighted by Gasteiger charge is -2.02. The van der Waals surface area contributed by atoms with Gasteiger partial charge in [-0.1, -0.05) is 18.2 Å². The van der Waals surface area contributed by atoms with Gasteiger partial charge < -0.3 is 4.90 Å². The maximum atomic E-state index is 11.6. The van der Waals surface area contributed by atoms with Crippen LogP contribution in [0.1, 0.15) is 1.37 Å². The lowest BCUT2D eigenvalue weighted by atomic mass is 10.4. The first-order valence-corrected chi connectivity index (χ1v) is 5.41. The fourth-order valence-electron chi connectivity index (χ4n) is 0.781. The SMILES string of the molecule is [2H]C(=NS(=O)(=O)c1ccccc1)N(C)C. The number of rotatable bonds is 2. The summed E-state index contributed by atoms with van der Waals surface area (Å²) in [6, 6.07) is 7.84. The van der Waals surface area contributed by atoms with E-state index >= 15 is 0 Å². The highest BCUT2D eigenvalue weighted by atomic mass is 32.2. The second-order valence-corrected chi connectivity index (χ2v) is 4.48. The minimum Gasteiger partial charge on any atom is -0.368 e. The second-order valence-electron chi connectivity index (χ2n) is 2.87. The first kappa shape index (κ1) is 9.21. The van der Waals surface area contributed by atoms with Crippen LogP contribution in [0.2, 0.25) is 0 Å². The van der Waals surface area contributed by atoms with E-state index in [0.717, 1.165) is 0 Å². The van der Waals surface area contributed by atoms with Crippen LogP contribution in [0.15, 0.2) is 39.6 Å². The molecule has 0 saturated carbocycles. The molecule has 1 aromatic carbocycles. The third kappa shape index (κ3) is 2.85. The van der Waals surface area contributed by atoms with E-state index in [4.69, 9.17) is 1.37 Å². The van der Waals surface area contributed by atoms with E-state index in [-0.39, 0.29) is 11.2 Å². The zero-order valence-electron chi connectivity index (χ0n) is 9.01. The summed E-state index contributed by atoms with van der Waals surface area (Å²) in [4.78, 5) is 1.41. The highest BCUT2D eigenvalue weighted by Gasteiger charge is 2.09. The van der Waals surface area contributed by atoms with E-state index in [1.54, 1.807) is 32.3 Å². The Morgan fingerprint density at radius 2 is 1.93 bits per heavy atom. The Labute approximate surface area is 85.3 Å². The summed E-state index contributed by atoms with van der Waals surface area (Å²) in [5.41, 5.74) is 0. The molecule has 0 radical (unpaired) electrons. The Balaban J connectivity index is 3.11. The van der Waals surface area contributed by atoms with Crippen LogP contribution in [-0.2, 0) is 10.0 Å². The van der Waals surface area contributed by atoms with Gasteiger partial charge in [0.25, 0.3) is 10.0 Å². The lowest BCUT2D eigenvalue weighted by molar-refractivity contribution is 0.595. The van der Waals surface area contributed by atoms with E-state index < -0.39 is 10.0 Å². The molecule has 0 aliphatic carbocycles. The van der Waals surface area contributed by atoms with E-state index in [1.807, 2.05) is 0 Å². The van der Waals surface area contributed by atoms with E-state index in [0.29, 0.717) is 0 Å². The molecule has 1 aromatic rings. The molecule has 0 saturated heterocycles. The fraction of sp³-hybridized carbons (Fsp3) is 0.222. The average molecular weight is 213 g/mol. The van der Waals surface area contributed by atoms with Crippen molar-refractivity contribution in [3.8, 4) is 0 Å². The van der Waals surface area contributed by atoms with Crippen molar-refractivity contribution in [3.05, 3.63) is 30.3 Å². The van der Waals surface area contributed by atoms with Crippen molar-refractivity contribution < 1.29 is 9.79 Å². The molecule has 0 aromatic heterocycles. The summed E-state index contributed by atoms with van der Waals surface area (Å²) in [6.07, 6.45) is -0.293. The fourth-order valence-corrected chi connectivity index (χ4v) is 1.66. The van der Waals surface area contributed by atoms with Gasteiger partial charge in [0.15, 0.2) is 0 Å². The topological polar surface area (TPSA) is 49.7 Å². The molecule has 14 heavy (non-hydrogen) atoms. The highest BCUT2D eigenvalue weighted by molar-refractivity contribution is 7.90. The number of sulfonamides is 1. The van der Waals surface area contributed by atoms with Crippen molar-refractivity contribution >= 4 is 16.3 Å². The summed E-state index contributed by atoms with van der Waals surface area (Å²) in [6.45, 7) is 0. The molecular weight excluding hydrogens is 200 g/mol. The standard InChI is InChI=1S/C9H12N2O2S/c1-11(2)8-10-14(12,13)9-6-4-3-5-7-9/h3-8H,1-2H3/i8D. The minimum absolute atomic E-state index is 0.0941. The number of hydrogen-bond acceptors (Lipinski definition) is 2. The van der Waals surface area contributed by atoms with Crippen molar-refractivity contribution in [2.24, 2.45) is 4.40 Å². The van der Waals surface area contributed by atoms with Gasteiger partial charge in [0.05, 0.1) is 4.90 Å². The summed E-state index contributed by atoms with van der Waals surface area (Å²) in [5, 5.41) is 0. The van der Waals surface area contributed by atoms with Gasteiger partial charge in [0, 0.05) is 14.1 Å². The first-order chi connectivity index (χ1) is 6.93. The zero-order chi connectivity index (χ0) is 11.5. The van der Waals surface area contributed by atoms with Crippen molar-refractivity contribution in [1.82, 2.24) is 4.90 Å². The Bertz CT molecular complexity index is 454. The molecule has 0 amide bonds.